The van der Waals surface area contributed by atoms with Crippen LogP contribution in [0.3, 0.4) is 0 Å². The number of pyridine rings is 1. The Balaban J connectivity index is 2.23. The number of hydrogen-bond acceptors (Lipinski definition) is 3. The molecule has 4 nitrogen and oxygen atoms in total. The van der Waals surface area contributed by atoms with Crippen molar-refractivity contribution in [2.24, 2.45) is 0 Å². The molecule has 0 amide bonds. The number of aromatic carboxylic acids is 1. The number of carbonyl (C=O) groups is 1. The van der Waals surface area contributed by atoms with Gasteiger partial charge in [0.25, 0.3) is 0 Å². The summed E-state index contributed by atoms with van der Waals surface area (Å²) in [4.78, 5) is 16.8. The Morgan fingerprint density at radius 1 is 1.40 bits per heavy atom. The largest absolute Gasteiger partial charge is 0.478 e. The molecule has 108 valence electrons. The molecule has 0 saturated carbocycles. The first-order valence-electron chi connectivity index (χ1n) is 6.00. The van der Waals surface area contributed by atoms with Gasteiger partial charge in [-0.25, -0.2) is 9.78 Å². The predicted molar refractivity (Wildman–Crippen MR) is 66.9 cm³/mol. The first kappa shape index (κ1) is 14.4. The van der Waals surface area contributed by atoms with Crippen LogP contribution in [-0.4, -0.2) is 35.3 Å². The van der Waals surface area contributed by atoms with Crippen LogP contribution in [0.5, 0.6) is 0 Å². The first-order valence-corrected chi connectivity index (χ1v) is 6.00. The van der Waals surface area contributed by atoms with Crippen LogP contribution < -0.4 is 4.90 Å². The number of alkyl halides is 3. The van der Waals surface area contributed by atoms with Crippen LogP contribution in [0.25, 0.3) is 0 Å². The van der Waals surface area contributed by atoms with Gasteiger partial charge in [0, 0.05) is 24.4 Å². The number of hydrogen-bond donors (Lipinski definition) is 1. The van der Waals surface area contributed by atoms with E-state index < -0.39 is 17.7 Å². The van der Waals surface area contributed by atoms with Gasteiger partial charge in [-0.15, -0.1) is 0 Å². The monoisotopic (exact) mass is 286 g/mol. The lowest BCUT2D eigenvalue weighted by molar-refractivity contribution is -0.0944. The summed E-state index contributed by atoms with van der Waals surface area (Å²) < 4.78 is 37.6. The molecule has 1 aliphatic rings. The third-order valence-electron chi connectivity index (χ3n) is 3.08. The SMILES string of the molecule is Cc1cc(C(=O)O)cc(N2CC=C(C(F)(F)F)CC2)n1. The topological polar surface area (TPSA) is 53.4 Å². The van der Waals surface area contributed by atoms with Crippen molar-refractivity contribution in [3.05, 3.63) is 35.0 Å². The van der Waals surface area contributed by atoms with E-state index in [4.69, 9.17) is 5.11 Å². The number of anilines is 1. The Morgan fingerprint density at radius 3 is 2.60 bits per heavy atom. The number of rotatable bonds is 2. The minimum atomic E-state index is -4.29. The second kappa shape index (κ2) is 5.15. The zero-order chi connectivity index (χ0) is 14.9. The van der Waals surface area contributed by atoms with Gasteiger partial charge in [0.1, 0.15) is 5.82 Å². The lowest BCUT2D eigenvalue weighted by atomic mass is 10.1. The van der Waals surface area contributed by atoms with Gasteiger partial charge in [-0.05, 0) is 25.5 Å². The van der Waals surface area contributed by atoms with Gasteiger partial charge in [-0.1, -0.05) is 6.08 Å². The summed E-state index contributed by atoms with van der Waals surface area (Å²) in [5, 5.41) is 8.97. The normalized spacial score (nSPS) is 16.0. The Bertz CT molecular complexity index is 567. The van der Waals surface area contributed by atoms with Crippen LogP contribution in [0.15, 0.2) is 23.8 Å². The highest BCUT2D eigenvalue weighted by Crippen LogP contribution is 2.31. The molecule has 1 aromatic heterocycles. The smallest absolute Gasteiger partial charge is 0.412 e. The molecule has 0 saturated heterocycles. The van der Waals surface area contributed by atoms with Crippen LogP contribution >= 0.6 is 0 Å². The Hall–Kier alpha value is -2.05. The maximum absolute atomic E-state index is 12.5. The number of aryl methyl sites for hydroxylation is 1. The summed E-state index contributed by atoms with van der Waals surface area (Å²) in [6.07, 6.45) is -3.30. The summed E-state index contributed by atoms with van der Waals surface area (Å²) in [6.45, 7) is 1.89. The molecule has 0 atom stereocenters. The van der Waals surface area contributed by atoms with Crippen LogP contribution in [-0.2, 0) is 0 Å². The van der Waals surface area contributed by atoms with E-state index in [2.05, 4.69) is 4.98 Å². The summed E-state index contributed by atoms with van der Waals surface area (Å²) >= 11 is 0. The van der Waals surface area contributed by atoms with E-state index in [1.807, 2.05) is 0 Å². The first-order chi connectivity index (χ1) is 9.27. The molecule has 0 aromatic carbocycles. The van der Waals surface area contributed by atoms with Crippen molar-refractivity contribution in [1.82, 2.24) is 4.98 Å². The standard InChI is InChI=1S/C13H13F3N2O2/c1-8-6-9(12(19)20)7-11(17-8)18-4-2-10(3-5-18)13(14,15)16/h2,6-7H,3-5H2,1H3,(H,19,20). The zero-order valence-electron chi connectivity index (χ0n) is 10.7. The van der Waals surface area contributed by atoms with Crippen molar-refractivity contribution in [1.29, 1.82) is 0 Å². The maximum atomic E-state index is 12.5. The highest BCUT2D eigenvalue weighted by molar-refractivity contribution is 5.88. The minimum absolute atomic E-state index is 0.0738. The molecule has 0 spiro atoms. The number of carboxylic acid groups (broad SMARTS) is 1. The molecule has 2 rings (SSSR count). The zero-order valence-corrected chi connectivity index (χ0v) is 10.7. The highest BCUT2D eigenvalue weighted by Gasteiger charge is 2.35. The summed E-state index contributed by atoms with van der Waals surface area (Å²) in [5.74, 6) is -0.694. The van der Waals surface area contributed by atoms with Gasteiger partial charge >= 0.3 is 12.1 Å². The van der Waals surface area contributed by atoms with Gasteiger partial charge in [0.05, 0.1) is 5.56 Å². The van der Waals surface area contributed by atoms with Crippen LogP contribution in [0.1, 0.15) is 22.5 Å². The third-order valence-corrected chi connectivity index (χ3v) is 3.08. The predicted octanol–water partition coefficient (Wildman–Crippen LogP) is 2.79. The van der Waals surface area contributed by atoms with Gasteiger partial charge in [0.15, 0.2) is 0 Å². The lowest BCUT2D eigenvalue weighted by Gasteiger charge is -2.28. The molecule has 0 unspecified atom stereocenters. The Morgan fingerprint density at radius 2 is 2.10 bits per heavy atom. The molecule has 1 N–H and O–H groups in total. The lowest BCUT2D eigenvalue weighted by Crippen LogP contribution is -2.32. The second-order valence-electron chi connectivity index (χ2n) is 4.58. The number of aromatic nitrogens is 1. The number of nitrogens with zero attached hydrogens (tertiary/aromatic N) is 2. The molecule has 0 bridgehead atoms. The fraction of sp³-hybridized carbons (Fsp3) is 0.385. The average molecular weight is 286 g/mol. The van der Waals surface area contributed by atoms with E-state index in [1.165, 1.54) is 12.1 Å². The van der Waals surface area contributed by atoms with Gasteiger partial charge in [-0.3, -0.25) is 0 Å². The van der Waals surface area contributed by atoms with Crippen LogP contribution in [0.4, 0.5) is 19.0 Å². The van der Waals surface area contributed by atoms with E-state index in [-0.39, 0.29) is 25.1 Å². The summed E-state index contributed by atoms with van der Waals surface area (Å²) in [7, 11) is 0. The molecular weight excluding hydrogens is 273 g/mol. The van der Waals surface area contributed by atoms with Crippen LogP contribution in [0, 0.1) is 6.92 Å². The Labute approximate surface area is 113 Å². The van der Waals surface area contributed by atoms with E-state index in [0.717, 1.165) is 6.08 Å². The molecule has 20 heavy (non-hydrogen) atoms. The van der Waals surface area contributed by atoms with E-state index in [9.17, 15) is 18.0 Å². The van der Waals surface area contributed by atoms with E-state index in [0.29, 0.717) is 11.5 Å². The van der Waals surface area contributed by atoms with Crippen molar-refractivity contribution in [3.8, 4) is 0 Å². The quantitative estimate of drug-likeness (QED) is 0.849. The van der Waals surface area contributed by atoms with E-state index >= 15 is 0 Å². The van der Waals surface area contributed by atoms with E-state index in [1.54, 1.807) is 11.8 Å². The second-order valence-corrected chi connectivity index (χ2v) is 4.58. The molecule has 0 radical (unpaired) electrons. The number of carboxylic acids is 1. The molecule has 0 fully saturated rings. The minimum Gasteiger partial charge on any atom is -0.478 e. The fourth-order valence-corrected chi connectivity index (χ4v) is 2.07. The highest BCUT2D eigenvalue weighted by atomic mass is 19.4. The summed E-state index contributed by atoms with van der Waals surface area (Å²) in [6, 6.07) is 2.80. The molecule has 7 heteroatoms. The molecule has 1 aromatic rings. The number of halogens is 3. The molecule has 0 aliphatic carbocycles. The van der Waals surface area contributed by atoms with Crippen molar-refractivity contribution in [3.63, 3.8) is 0 Å². The van der Waals surface area contributed by atoms with Crippen LogP contribution in [0.2, 0.25) is 0 Å². The third kappa shape index (κ3) is 3.09. The van der Waals surface area contributed by atoms with Gasteiger partial charge in [0.2, 0.25) is 0 Å². The van der Waals surface area contributed by atoms with Gasteiger partial charge < -0.3 is 10.0 Å². The van der Waals surface area contributed by atoms with Crippen molar-refractivity contribution in [2.75, 3.05) is 18.0 Å². The maximum Gasteiger partial charge on any atom is 0.412 e. The van der Waals surface area contributed by atoms with Crippen molar-refractivity contribution >= 4 is 11.8 Å². The fourth-order valence-electron chi connectivity index (χ4n) is 2.07. The molecule has 2 heterocycles. The summed E-state index contributed by atoms with van der Waals surface area (Å²) in [5.41, 5.74) is 0.0588. The molecule has 1 aliphatic heterocycles. The van der Waals surface area contributed by atoms with Crippen molar-refractivity contribution in [2.45, 2.75) is 19.5 Å². The van der Waals surface area contributed by atoms with Gasteiger partial charge in [-0.2, -0.15) is 13.2 Å². The average Bonchev–Trinajstić information content (AvgIpc) is 2.37. The van der Waals surface area contributed by atoms with Crippen molar-refractivity contribution < 1.29 is 23.1 Å². The Kier molecular flexibility index (Phi) is 3.69. The molecular formula is C13H13F3N2O2.